The Kier molecular flexibility index (Phi) is 3.43. The molecule has 1 aliphatic rings. The van der Waals surface area contributed by atoms with Gasteiger partial charge in [0.25, 0.3) is 0 Å². The van der Waals surface area contributed by atoms with Gasteiger partial charge in [-0.05, 0) is 25.9 Å². The topological polar surface area (TPSA) is 73.0 Å². The Hall–Kier alpha value is -1.89. The monoisotopic (exact) mass is 275 g/mol. The van der Waals surface area contributed by atoms with E-state index in [1.807, 2.05) is 7.05 Å². The quantitative estimate of drug-likeness (QED) is 0.859. The Labute approximate surface area is 118 Å². The molecule has 7 nitrogen and oxygen atoms in total. The molecule has 0 spiro atoms. The Balaban J connectivity index is 1.86. The van der Waals surface area contributed by atoms with Crippen LogP contribution in [0.25, 0.3) is 11.0 Å². The number of hydrogen-bond donors (Lipinski definition) is 2. The van der Waals surface area contributed by atoms with Crippen LogP contribution in [0.5, 0.6) is 0 Å². The molecule has 1 saturated heterocycles. The first-order valence-electron chi connectivity index (χ1n) is 6.96. The summed E-state index contributed by atoms with van der Waals surface area (Å²) in [7, 11) is 6.10. The molecule has 3 heterocycles. The van der Waals surface area contributed by atoms with Crippen LogP contribution in [-0.4, -0.2) is 65.8 Å². The van der Waals surface area contributed by atoms with Crippen molar-refractivity contribution < 1.29 is 0 Å². The fraction of sp³-hybridized carbons (Fsp3) is 0.615. The van der Waals surface area contributed by atoms with E-state index in [4.69, 9.17) is 0 Å². The fourth-order valence-electron chi connectivity index (χ4n) is 2.87. The van der Waals surface area contributed by atoms with Gasteiger partial charge < -0.3 is 15.1 Å². The number of fused-ring (bicyclic) bond motifs is 1. The number of aromatic amines is 1. The third-order valence-corrected chi connectivity index (χ3v) is 3.90. The molecule has 2 aromatic rings. The number of rotatable bonds is 4. The average molecular weight is 275 g/mol. The molecular formula is C13H21N7. The molecule has 7 heteroatoms. The van der Waals surface area contributed by atoms with Gasteiger partial charge in [0.1, 0.15) is 5.82 Å². The van der Waals surface area contributed by atoms with Gasteiger partial charge in [0.05, 0.1) is 11.6 Å². The Bertz CT molecular complexity index is 593. The Morgan fingerprint density at radius 2 is 2.35 bits per heavy atom. The first kappa shape index (κ1) is 13.1. The highest BCUT2D eigenvalue weighted by atomic mass is 15.2. The van der Waals surface area contributed by atoms with E-state index < -0.39 is 0 Å². The lowest BCUT2D eigenvalue weighted by Gasteiger charge is -2.23. The largest absolute Gasteiger partial charge is 0.359 e. The van der Waals surface area contributed by atoms with Crippen LogP contribution in [0.1, 0.15) is 6.42 Å². The normalized spacial score (nSPS) is 19.6. The minimum Gasteiger partial charge on any atom is -0.359 e. The Morgan fingerprint density at radius 3 is 3.05 bits per heavy atom. The minimum atomic E-state index is 0.618. The molecule has 0 saturated carbocycles. The van der Waals surface area contributed by atoms with Gasteiger partial charge in [-0.1, -0.05) is 0 Å². The molecule has 20 heavy (non-hydrogen) atoms. The van der Waals surface area contributed by atoms with E-state index in [0.717, 1.165) is 29.9 Å². The van der Waals surface area contributed by atoms with Gasteiger partial charge in [-0.3, -0.25) is 5.10 Å². The van der Waals surface area contributed by atoms with Crippen LogP contribution in [0.15, 0.2) is 6.20 Å². The predicted molar refractivity (Wildman–Crippen MR) is 80.1 cm³/mol. The molecule has 1 aliphatic heterocycles. The molecule has 0 aromatic carbocycles. The zero-order valence-electron chi connectivity index (χ0n) is 12.2. The lowest BCUT2D eigenvalue weighted by Crippen LogP contribution is -2.28. The van der Waals surface area contributed by atoms with Gasteiger partial charge in [0.15, 0.2) is 5.65 Å². The van der Waals surface area contributed by atoms with Crippen molar-refractivity contribution in [1.29, 1.82) is 0 Å². The SMILES string of the molecule is CNc1nc(N(C)CC2CCN(C)C2)c2cn[nH]c2n1. The van der Waals surface area contributed by atoms with Crippen LogP contribution in [0.3, 0.4) is 0 Å². The van der Waals surface area contributed by atoms with Gasteiger partial charge in [-0.15, -0.1) is 0 Å². The molecule has 108 valence electrons. The molecule has 2 aromatic heterocycles. The number of nitrogens with one attached hydrogen (secondary N) is 2. The smallest absolute Gasteiger partial charge is 0.226 e. The zero-order valence-corrected chi connectivity index (χ0v) is 12.2. The highest BCUT2D eigenvalue weighted by molar-refractivity contribution is 5.87. The second-order valence-electron chi connectivity index (χ2n) is 5.55. The van der Waals surface area contributed by atoms with Crippen molar-refractivity contribution >= 4 is 22.8 Å². The standard InChI is InChI=1S/C13H21N7/c1-14-13-16-11-10(6-15-18-11)12(17-13)20(3)8-9-4-5-19(2)7-9/h6,9H,4-5,7-8H2,1-3H3,(H2,14,15,16,17,18). The van der Waals surface area contributed by atoms with Crippen LogP contribution in [0.4, 0.5) is 11.8 Å². The Morgan fingerprint density at radius 1 is 1.50 bits per heavy atom. The van der Waals surface area contributed by atoms with E-state index in [1.54, 1.807) is 6.20 Å². The molecular weight excluding hydrogens is 254 g/mol. The summed E-state index contributed by atoms with van der Waals surface area (Å²) in [5.41, 5.74) is 0.773. The molecule has 1 fully saturated rings. The highest BCUT2D eigenvalue weighted by Crippen LogP contribution is 2.25. The second-order valence-corrected chi connectivity index (χ2v) is 5.55. The lowest BCUT2D eigenvalue weighted by atomic mass is 10.1. The maximum absolute atomic E-state index is 4.58. The summed E-state index contributed by atoms with van der Waals surface area (Å²) >= 11 is 0. The summed E-state index contributed by atoms with van der Waals surface area (Å²) in [5.74, 6) is 2.25. The first-order chi connectivity index (χ1) is 9.67. The van der Waals surface area contributed by atoms with E-state index >= 15 is 0 Å². The van der Waals surface area contributed by atoms with E-state index in [1.165, 1.54) is 13.0 Å². The van der Waals surface area contributed by atoms with Crippen molar-refractivity contribution in [2.45, 2.75) is 6.42 Å². The molecule has 0 amide bonds. The summed E-state index contributed by atoms with van der Waals surface area (Å²) in [6.45, 7) is 3.35. The lowest BCUT2D eigenvalue weighted by molar-refractivity contribution is 0.396. The minimum absolute atomic E-state index is 0.618. The molecule has 1 atom stereocenters. The predicted octanol–water partition coefficient (Wildman–Crippen LogP) is 0.782. The van der Waals surface area contributed by atoms with Crippen LogP contribution >= 0.6 is 0 Å². The van der Waals surface area contributed by atoms with Gasteiger partial charge in [0, 0.05) is 27.2 Å². The zero-order chi connectivity index (χ0) is 14.1. The van der Waals surface area contributed by atoms with Crippen molar-refractivity contribution in [3.63, 3.8) is 0 Å². The second kappa shape index (κ2) is 5.24. The summed E-state index contributed by atoms with van der Waals surface area (Å²) in [6, 6.07) is 0. The molecule has 1 unspecified atom stereocenters. The summed E-state index contributed by atoms with van der Waals surface area (Å²) < 4.78 is 0. The highest BCUT2D eigenvalue weighted by Gasteiger charge is 2.22. The van der Waals surface area contributed by atoms with Gasteiger partial charge in [-0.25, -0.2) is 0 Å². The van der Waals surface area contributed by atoms with Crippen molar-refractivity contribution in [1.82, 2.24) is 25.1 Å². The number of anilines is 2. The van der Waals surface area contributed by atoms with Crippen molar-refractivity contribution in [2.24, 2.45) is 5.92 Å². The maximum atomic E-state index is 4.58. The van der Waals surface area contributed by atoms with Crippen molar-refractivity contribution in [2.75, 3.05) is 51.0 Å². The van der Waals surface area contributed by atoms with Crippen molar-refractivity contribution in [3.8, 4) is 0 Å². The van der Waals surface area contributed by atoms with Gasteiger partial charge >= 0.3 is 0 Å². The summed E-state index contributed by atoms with van der Waals surface area (Å²) in [5, 5.41) is 11.0. The summed E-state index contributed by atoms with van der Waals surface area (Å²) in [4.78, 5) is 13.5. The van der Waals surface area contributed by atoms with E-state index in [0.29, 0.717) is 11.9 Å². The first-order valence-corrected chi connectivity index (χ1v) is 6.96. The number of aromatic nitrogens is 4. The summed E-state index contributed by atoms with van der Waals surface area (Å²) in [6.07, 6.45) is 3.04. The van der Waals surface area contributed by atoms with Crippen LogP contribution in [0, 0.1) is 5.92 Å². The number of H-pyrrole nitrogens is 1. The molecule has 0 bridgehead atoms. The van der Waals surface area contributed by atoms with Crippen LogP contribution in [0.2, 0.25) is 0 Å². The number of nitrogens with zero attached hydrogens (tertiary/aromatic N) is 5. The third-order valence-electron chi connectivity index (χ3n) is 3.90. The van der Waals surface area contributed by atoms with E-state index in [2.05, 4.69) is 49.4 Å². The van der Waals surface area contributed by atoms with Gasteiger partial charge in [0.2, 0.25) is 5.95 Å². The molecule has 0 radical (unpaired) electrons. The fourth-order valence-corrected chi connectivity index (χ4v) is 2.87. The van der Waals surface area contributed by atoms with E-state index in [-0.39, 0.29) is 0 Å². The van der Waals surface area contributed by atoms with Crippen LogP contribution < -0.4 is 10.2 Å². The van der Waals surface area contributed by atoms with Crippen molar-refractivity contribution in [3.05, 3.63) is 6.20 Å². The van der Waals surface area contributed by atoms with E-state index in [9.17, 15) is 0 Å². The molecule has 2 N–H and O–H groups in total. The van der Waals surface area contributed by atoms with Gasteiger partial charge in [-0.2, -0.15) is 15.1 Å². The third kappa shape index (κ3) is 2.40. The number of likely N-dealkylation sites (tertiary alicyclic amines) is 1. The maximum Gasteiger partial charge on any atom is 0.226 e. The molecule has 0 aliphatic carbocycles. The molecule has 3 rings (SSSR count). The van der Waals surface area contributed by atoms with Crippen LogP contribution in [-0.2, 0) is 0 Å². The average Bonchev–Trinajstić information content (AvgIpc) is 3.06. The number of hydrogen-bond acceptors (Lipinski definition) is 6.